The van der Waals surface area contributed by atoms with Crippen LogP contribution in [0.4, 0.5) is 10.6 Å². The number of rotatable bonds is 3. The molecule has 0 aliphatic carbocycles. The molecule has 0 radical (unpaired) electrons. The summed E-state index contributed by atoms with van der Waals surface area (Å²) in [6, 6.07) is 7.63. The van der Waals surface area contributed by atoms with Crippen LogP contribution in [0, 0.1) is 0 Å². The average molecular weight is 342 g/mol. The highest BCUT2D eigenvalue weighted by molar-refractivity contribution is 6.06. The number of para-hydroxylation sites is 1. The van der Waals surface area contributed by atoms with Crippen LogP contribution in [0.1, 0.15) is 26.6 Å². The molecule has 8 heteroatoms. The van der Waals surface area contributed by atoms with Crippen LogP contribution in [0.2, 0.25) is 0 Å². The first-order valence-corrected chi connectivity index (χ1v) is 8.00. The fourth-order valence-electron chi connectivity index (χ4n) is 2.69. The van der Waals surface area contributed by atoms with E-state index in [2.05, 4.69) is 15.3 Å². The third kappa shape index (κ3) is 3.34. The van der Waals surface area contributed by atoms with Crippen molar-refractivity contribution in [1.29, 1.82) is 0 Å². The van der Waals surface area contributed by atoms with Gasteiger partial charge < -0.3 is 26.1 Å². The fourth-order valence-corrected chi connectivity index (χ4v) is 2.69. The summed E-state index contributed by atoms with van der Waals surface area (Å²) in [6.07, 6.45) is -0.511. The summed E-state index contributed by atoms with van der Waals surface area (Å²) >= 11 is 0. The Morgan fingerprint density at radius 3 is 2.68 bits per heavy atom. The molecule has 0 fully saturated rings. The van der Waals surface area contributed by atoms with E-state index in [0.29, 0.717) is 17.2 Å². The van der Waals surface area contributed by atoms with Crippen molar-refractivity contribution < 1.29 is 9.53 Å². The number of hydrogen-bond donors (Lipinski definition) is 3. The molecule has 0 aliphatic rings. The van der Waals surface area contributed by atoms with Gasteiger partial charge in [-0.1, -0.05) is 18.2 Å². The molecule has 8 nitrogen and oxygen atoms in total. The number of amides is 1. The first-order chi connectivity index (χ1) is 11.8. The molecule has 5 N–H and O–H groups in total. The van der Waals surface area contributed by atoms with Crippen molar-refractivity contribution in [3.05, 3.63) is 30.1 Å². The van der Waals surface area contributed by atoms with Crippen molar-refractivity contribution in [3.63, 3.8) is 0 Å². The number of nitrogens with zero attached hydrogens (tertiary/aromatic N) is 3. The quantitative estimate of drug-likeness (QED) is 0.670. The smallest absolute Gasteiger partial charge is 0.409 e. The monoisotopic (exact) mass is 342 g/mol. The summed E-state index contributed by atoms with van der Waals surface area (Å²) in [5, 5.41) is 3.63. The number of nitrogens with two attached hydrogens (primary N) is 2. The number of carbonyl (C=O) groups is 1. The summed E-state index contributed by atoms with van der Waals surface area (Å²) in [4.78, 5) is 20.9. The summed E-state index contributed by atoms with van der Waals surface area (Å²) in [5.74, 6) is 0.940. The maximum absolute atomic E-state index is 12.0. The largest absolute Gasteiger partial charge is 0.444 e. The van der Waals surface area contributed by atoms with Crippen LogP contribution in [0.25, 0.3) is 21.9 Å². The summed E-state index contributed by atoms with van der Waals surface area (Å²) in [6.45, 7) is 5.81. The van der Waals surface area contributed by atoms with Gasteiger partial charge in [0.25, 0.3) is 0 Å². The van der Waals surface area contributed by atoms with Gasteiger partial charge in [0.1, 0.15) is 16.9 Å². The number of imidazole rings is 1. The minimum Gasteiger partial charge on any atom is -0.444 e. The number of nitrogens with one attached hydrogen (secondary N) is 1. The van der Waals surface area contributed by atoms with Gasteiger partial charge in [-0.3, -0.25) is 0 Å². The molecule has 2 heterocycles. The summed E-state index contributed by atoms with van der Waals surface area (Å²) in [5.41, 5.74) is 13.4. The van der Waals surface area contributed by atoms with E-state index < -0.39 is 11.7 Å². The molecule has 3 rings (SSSR count). The van der Waals surface area contributed by atoms with E-state index in [1.807, 2.05) is 49.6 Å². The number of alkyl carbamates (subject to hydrolysis) is 1. The maximum Gasteiger partial charge on any atom is 0.409 e. The van der Waals surface area contributed by atoms with Crippen LogP contribution in [0.5, 0.6) is 0 Å². The van der Waals surface area contributed by atoms with Gasteiger partial charge in [0.2, 0.25) is 0 Å². The Morgan fingerprint density at radius 2 is 2.00 bits per heavy atom. The Hall–Kier alpha value is -2.87. The molecule has 132 valence electrons. The zero-order valence-corrected chi connectivity index (χ0v) is 14.5. The molecule has 0 unspecified atom stereocenters. The van der Waals surface area contributed by atoms with Gasteiger partial charge >= 0.3 is 6.09 Å². The van der Waals surface area contributed by atoms with Crippen LogP contribution < -0.4 is 16.8 Å². The van der Waals surface area contributed by atoms with E-state index in [1.54, 1.807) is 0 Å². The Labute approximate surface area is 145 Å². The standard InChI is InChI=1S/C17H22N6O2/c1-17(2,3)25-16(24)20-9-23-12(8-18)22-13-14(23)10-6-4-5-7-11(10)21-15(13)19/h4-7H,8-9,18H2,1-3H3,(H2,19,21)(H,20,24). The molecule has 0 spiro atoms. The lowest BCUT2D eigenvalue weighted by Crippen LogP contribution is -2.34. The van der Waals surface area contributed by atoms with Crippen molar-refractivity contribution in [3.8, 4) is 0 Å². The van der Waals surface area contributed by atoms with Crippen molar-refractivity contribution in [2.75, 3.05) is 5.73 Å². The van der Waals surface area contributed by atoms with E-state index in [4.69, 9.17) is 16.2 Å². The predicted octanol–water partition coefficient (Wildman–Crippen LogP) is 2.11. The van der Waals surface area contributed by atoms with E-state index in [9.17, 15) is 4.79 Å². The summed E-state index contributed by atoms with van der Waals surface area (Å²) < 4.78 is 7.11. The van der Waals surface area contributed by atoms with Gasteiger partial charge in [0.15, 0.2) is 5.82 Å². The van der Waals surface area contributed by atoms with Crippen molar-refractivity contribution in [2.45, 2.75) is 39.6 Å². The number of ether oxygens (including phenoxy) is 1. The highest BCUT2D eigenvalue weighted by atomic mass is 16.6. The van der Waals surface area contributed by atoms with Crippen LogP contribution in [0.15, 0.2) is 24.3 Å². The number of pyridine rings is 1. The molecule has 0 saturated heterocycles. The van der Waals surface area contributed by atoms with Crippen molar-refractivity contribution in [1.82, 2.24) is 19.9 Å². The van der Waals surface area contributed by atoms with Crippen LogP contribution >= 0.6 is 0 Å². The van der Waals surface area contributed by atoms with Gasteiger partial charge in [-0.05, 0) is 26.8 Å². The van der Waals surface area contributed by atoms with Gasteiger partial charge in [-0.2, -0.15) is 0 Å². The number of hydrogen-bond acceptors (Lipinski definition) is 6. The number of carbonyl (C=O) groups excluding carboxylic acids is 1. The maximum atomic E-state index is 12.0. The third-order valence-electron chi connectivity index (χ3n) is 3.65. The van der Waals surface area contributed by atoms with Gasteiger partial charge in [0.05, 0.1) is 24.2 Å². The van der Waals surface area contributed by atoms with E-state index in [0.717, 1.165) is 16.4 Å². The topological polar surface area (TPSA) is 121 Å². The summed E-state index contributed by atoms with van der Waals surface area (Å²) in [7, 11) is 0. The lowest BCUT2D eigenvalue weighted by Gasteiger charge is -2.20. The number of benzene rings is 1. The number of nitrogen functional groups attached to an aromatic ring is 1. The Morgan fingerprint density at radius 1 is 1.28 bits per heavy atom. The molecule has 0 atom stereocenters. The lowest BCUT2D eigenvalue weighted by atomic mass is 10.2. The molecule has 1 amide bonds. The van der Waals surface area contributed by atoms with Gasteiger partial charge in [0, 0.05) is 5.39 Å². The normalized spacial score (nSPS) is 11.8. The zero-order chi connectivity index (χ0) is 18.2. The SMILES string of the molecule is CC(C)(C)OC(=O)NCn1c(CN)nc2c(N)nc3ccccc3c21. The Bertz CT molecular complexity index is 942. The molecular formula is C17H22N6O2. The number of aromatic nitrogens is 3. The molecule has 0 bridgehead atoms. The second-order valence-electron chi connectivity index (χ2n) is 6.71. The average Bonchev–Trinajstić information content (AvgIpc) is 2.91. The number of fused-ring (bicyclic) bond motifs is 3. The molecule has 0 saturated carbocycles. The predicted molar refractivity (Wildman–Crippen MR) is 96.7 cm³/mol. The number of anilines is 1. The Balaban J connectivity index is 2.06. The second kappa shape index (κ2) is 6.21. The van der Waals surface area contributed by atoms with Crippen LogP contribution in [-0.2, 0) is 18.0 Å². The minimum absolute atomic E-state index is 0.172. The molecule has 3 aromatic rings. The molecule has 0 aliphatic heterocycles. The molecule has 25 heavy (non-hydrogen) atoms. The van der Waals surface area contributed by atoms with Crippen LogP contribution in [-0.4, -0.2) is 26.2 Å². The van der Waals surface area contributed by atoms with Crippen molar-refractivity contribution >= 4 is 33.8 Å². The first kappa shape index (κ1) is 17.0. The Kier molecular flexibility index (Phi) is 4.22. The third-order valence-corrected chi connectivity index (χ3v) is 3.65. The highest BCUT2D eigenvalue weighted by Gasteiger charge is 2.19. The second-order valence-corrected chi connectivity index (χ2v) is 6.71. The minimum atomic E-state index is -0.571. The van der Waals surface area contributed by atoms with Crippen LogP contribution in [0.3, 0.4) is 0 Å². The van der Waals surface area contributed by atoms with Gasteiger partial charge in [-0.25, -0.2) is 14.8 Å². The van der Waals surface area contributed by atoms with E-state index >= 15 is 0 Å². The first-order valence-electron chi connectivity index (χ1n) is 8.00. The molecule has 2 aromatic heterocycles. The zero-order valence-electron chi connectivity index (χ0n) is 14.5. The molecule has 1 aromatic carbocycles. The molecular weight excluding hydrogens is 320 g/mol. The van der Waals surface area contributed by atoms with Gasteiger partial charge in [-0.15, -0.1) is 0 Å². The van der Waals surface area contributed by atoms with E-state index in [1.165, 1.54) is 0 Å². The highest BCUT2D eigenvalue weighted by Crippen LogP contribution is 2.28. The van der Waals surface area contributed by atoms with E-state index in [-0.39, 0.29) is 13.2 Å². The fraction of sp³-hybridized carbons (Fsp3) is 0.353. The van der Waals surface area contributed by atoms with Crippen molar-refractivity contribution in [2.24, 2.45) is 5.73 Å². The lowest BCUT2D eigenvalue weighted by molar-refractivity contribution is 0.0512.